The van der Waals surface area contributed by atoms with Gasteiger partial charge in [-0.15, -0.1) is 6.42 Å². The summed E-state index contributed by atoms with van der Waals surface area (Å²) in [5.41, 5.74) is 0. The average Bonchev–Trinajstić information content (AvgIpc) is 2.53. The van der Waals surface area contributed by atoms with E-state index in [1.807, 2.05) is 30.3 Å². The number of benzene rings is 2. The van der Waals surface area contributed by atoms with E-state index in [0.717, 1.165) is 5.75 Å². The Morgan fingerprint density at radius 2 is 1.62 bits per heavy atom. The summed E-state index contributed by atoms with van der Waals surface area (Å²) in [5.74, 6) is 4.12. The zero-order chi connectivity index (χ0) is 14.9. The van der Waals surface area contributed by atoms with Crippen LogP contribution in [0, 0.1) is 12.3 Å². The fourth-order valence-electron chi connectivity index (χ4n) is 1.58. The molecular weight excluding hydrogens is 266 g/mol. The molecule has 0 unspecified atom stereocenters. The summed E-state index contributed by atoms with van der Waals surface area (Å²) in [6.07, 6.45) is 5.04. The summed E-state index contributed by atoms with van der Waals surface area (Å²) < 4.78 is 11.0. The molecule has 0 bridgehead atoms. The van der Waals surface area contributed by atoms with Crippen molar-refractivity contribution < 1.29 is 14.3 Å². The third-order valence-corrected chi connectivity index (χ3v) is 2.56. The lowest BCUT2D eigenvalue weighted by atomic mass is 10.3. The first-order valence-electron chi connectivity index (χ1n) is 6.44. The lowest BCUT2D eigenvalue weighted by Gasteiger charge is -2.08. The highest BCUT2D eigenvalue weighted by Gasteiger charge is 2.02. The van der Waals surface area contributed by atoms with Crippen molar-refractivity contribution in [2.75, 3.05) is 13.2 Å². The third-order valence-electron chi connectivity index (χ3n) is 2.56. The molecule has 0 radical (unpaired) electrons. The molecule has 0 spiro atoms. The highest BCUT2D eigenvalue weighted by atomic mass is 16.5. The minimum absolute atomic E-state index is 0.0689. The molecule has 1 N–H and O–H groups in total. The van der Waals surface area contributed by atoms with Crippen LogP contribution < -0.4 is 14.8 Å². The van der Waals surface area contributed by atoms with Crippen molar-refractivity contribution >= 4 is 5.91 Å². The van der Waals surface area contributed by atoms with Crippen LogP contribution in [0.15, 0.2) is 54.6 Å². The van der Waals surface area contributed by atoms with Crippen LogP contribution in [0.3, 0.4) is 0 Å². The fraction of sp³-hybridized carbons (Fsp3) is 0.118. The topological polar surface area (TPSA) is 47.6 Å². The maximum atomic E-state index is 11.3. The van der Waals surface area contributed by atoms with Crippen LogP contribution in [0.5, 0.6) is 17.2 Å². The molecule has 0 saturated heterocycles. The van der Waals surface area contributed by atoms with Gasteiger partial charge in [-0.25, -0.2) is 0 Å². The molecule has 2 aromatic rings. The Kier molecular flexibility index (Phi) is 5.25. The number of rotatable bonds is 6. The summed E-state index contributed by atoms with van der Waals surface area (Å²) in [4.78, 5) is 11.3. The minimum atomic E-state index is -0.252. The molecule has 0 aliphatic carbocycles. The Labute approximate surface area is 123 Å². The van der Waals surface area contributed by atoms with Crippen molar-refractivity contribution in [1.29, 1.82) is 0 Å². The van der Waals surface area contributed by atoms with Gasteiger partial charge in [0.15, 0.2) is 6.61 Å². The zero-order valence-corrected chi connectivity index (χ0v) is 11.4. The maximum absolute atomic E-state index is 11.3. The maximum Gasteiger partial charge on any atom is 0.258 e. The molecular formula is C17H15NO3. The molecule has 0 heterocycles. The number of carbonyl (C=O) groups is 1. The van der Waals surface area contributed by atoms with E-state index in [-0.39, 0.29) is 19.1 Å². The minimum Gasteiger partial charge on any atom is -0.484 e. The molecule has 106 valence electrons. The van der Waals surface area contributed by atoms with Crippen LogP contribution in [-0.4, -0.2) is 19.1 Å². The zero-order valence-electron chi connectivity index (χ0n) is 11.4. The molecule has 0 fully saturated rings. The summed E-state index contributed by atoms with van der Waals surface area (Å²) in [7, 11) is 0. The number of ether oxygens (including phenoxy) is 2. The second-order valence-electron chi connectivity index (χ2n) is 4.16. The molecule has 21 heavy (non-hydrogen) atoms. The number of amides is 1. The molecule has 2 rings (SSSR count). The predicted octanol–water partition coefficient (Wildman–Crippen LogP) is 2.61. The van der Waals surface area contributed by atoms with E-state index < -0.39 is 0 Å². The largest absolute Gasteiger partial charge is 0.484 e. The standard InChI is InChI=1S/C17H15NO3/c1-2-12-18-17(19)13-20-14-8-10-16(11-9-14)21-15-6-4-3-5-7-15/h1,3-11H,12-13H2,(H,18,19). The van der Waals surface area contributed by atoms with E-state index in [2.05, 4.69) is 11.2 Å². The van der Waals surface area contributed by atoms with Gasteiger partial charge < -0.3 is 14.8 Å². The molecule has 1 amide bonds. The molecule has 4 nitrogen and oxygen atoms in total. The van der Waals surface area contributed by atoms with Gasteiger partial charge in [0.05, 0.1) is 6.54 Å². The molecule has 0 aromatic heterocycles. The van der Waals surface area contributed by atoms with Gasteiger partial charge in [0.25, 0.3) is 5.91 Å². The molecule has 0 atom stereocenters. The van der Waals surface area contributed by atoms with Gasteiger partial charge in [0, 0.05) is 0 Å². The highest BCUT2D eigenvalue weighted by Crippen LogP contribution is 2.23. The lowest BCUT2D eigenvalue weighted by molar-refractivity contribution is -0.122. The molecule has 0 saturated carbocycles. The van der Waals surface area contributed by atoms with E-state index in [9.17, 15) is 4.79 Å². The Hall–Kier alpha value is -2.93. The highest BCUT2D eigenvalue weighted by molar-refractivity contribution is 5.77. The van der Waals surface area contributed by atoms with Crippen LogP contribution >= 0.6 is 0 Å². The second-order valence-corrected chi connectivity index (χ2v) is 4.16. The van der Waals surface area contributed by atoms with E-state index in [4.69, 9.17) is 15.9 Å². The van der Waals surface area contributed by atoms with Crippen molar-refractivity contribution in [3.63, 3.8) is 0 Å². The lowest BCUT2D eigenvalue weighted by Crippen LogP contribution is -2.28. The summed E-state index contributed by atoms with van der Waals surface area (Å²) in [6, 6.07) is 16.5. The third kappa shape index (κ3) is 4.92. The van der Waals surface area contributed by atoms with Gasteiger partial charge in [-0.1, -0.05) is 24.1 Å². The molecule has 2 aromatic carbocycles. The van der Waals surface area contributed by atoms with Gasteiger partial charge >= 0.3 is 0 Å². The van der Waals surface area contributed by atoms with E-state index in [1.165, 1.54) is 0 Å². The normalized spacial score (nSPS) is 9.48. The molecule has 0 aliphatic rings. The fourth-order valence-corrected chi connectivity index (χ4v) is 1.58. The van der Waals surface area contributed by atoms with Gasteiger partial charge in [-0.2, -0.15) is 0 Å². The van der Waals surface area contributed by atoms with E-state index in [0.29, 0.717) is 11.5 Å². The first-order valence-corrected chi connectivity index (χ1v) is 6.44. The van der Waals surface area contributed by atoms with Gasteiger partial charge in [-0.05, 0) is 36.4 Å². The van der Waals surface area contributed by atoms with Gasteiger partial charge in [0.2, 0.25) is 0 Å². The Balaban J connectivity index is 1.85. The average molecular weight is 281 g/mol. The Morgan fingerprint density at radius 1 is 1.00 bits per heavy atom. The van der Waals surface area contributed by atoms with Crippen molar-refractivity contribution in [2.45, 2.75) is 0 Å². The van der Waals surface area contributed by atoms with Gasteiger partial charge in [-0.3, -0.25) is 4.79 Å². The van der Waals surface area contributed by atoms with Crippen molar-refractivity contribution in [3.8, 4) is 29.6 Å². The van der Waals surface area contributed by atoms with Crippen LogP contribution in [0.2, 0.25) is 0 Å². The summed E-state index contributed by atoms with van der Waals surface area (Å²) in [5, 5.41) is 2.52. The van der Waals surface area contributed by atoms with Crippen LogP contribution in [-0.2, 0) is 4.79 Å². The molecule has 0 aliphatic heterocycles. The number of terminal acetylenes is 1. The Bertz CT molecular complexity index is 615. The first-order chi connectivity index (χ1) is 10.3. The predicted molar refractivity (Wildman–Crippen MR) is 80.3 cm³/mol. The Morgan fingerprint density at radius 3 is 2.29 bits per heavy atom. The second kappa shape index (κ2) is 7.61. The van der Waals surface area contributed by atoms with Crippen LogP contribution in [0.4, 0.5) is 0 Å². The quantitative estimate of drug-likeness (QED) is 0.828. The number of hydrogen-bond acceptors (Lipinski definition) is 3. The first kappa shape index (κ1) is 14.5. The number of hydrogen-bond donors (Lipinski definition) is 1. The SMILES string of the molecule is C#CCNC(=O)COc1ccc(Oc2ccccc2)cc1. The van der Waals surface area contributed by atoms with Crippen molar-refractivity contribution in [3.05, 3.63) is 54.6 Å². The van der Waals surface area contributed by atoms with E-state index >= 15 is 0 Å². The monoisotopic (exact) mass is 281 g/mol. The number of nitrogens with one attached hydrogen (secondary N) is 1. The summed E-state index contributed by atoms with van der Waals surface area (Å²) in [6.45, 7) is 0.132. The summed E-state index contributed by atoms with van der Waals surface area (Å²) >= 11 is 0. The number of carbonyl (C=O) groups excluding carboxylic acids is 1. The van der Waals surface area contributed by atoms with Crippen LogP contribution in [0.1, 0.15) is 0 Å². The van der Waals surface area contributed by atoms with E-state index in [1.54, 1.807) is 24.3 Å². The molecule has 4 heteroatoms. The smallest absolute Gasteiger partial charge is 0.258 e. The van der Waals surface area contributed by atoms with Gasteiger partial charge in [0.1, 0.15) is 17.2 Å². The van der Waals surface area contributed by atoms with Crippen LogP contribution in [0.25, 0.3) is 0 Å². The van der Waals surface area contributed by atoms with Crippen molar-refractivity contribution in [1.82, 2.24) is 5.32 Å². The number of para-hydroxylation sites is 1. The van der Waals surface area contributed by atoms with Crippen molar-refractivity contribution in [2.24, 2.45) is 0 Å².